The molecule has 1 aromatic rings. The Hall–Kier alpha value is -1.38. The summed E-state index contributed by atoms with van der Waals surface area (Å²) in [5.41, 5.74) is 0. The molecule has 1 rings (SSSR count). The van der Waals surface area contributed by atoms with Crippen molar-refractivity contribution in [2.75, 3.05) is 5.32 Å². The highest BCUT2D eigenvalue weighted by Crippen LogP contribution is 2.00. The van der Waals surface area contributed by atoms with Gasteiger partial charge in [0.25, 0.3) is 0 Å². The normalized spacial score (nSPS) is 9.42. The van der Waals surface area contributed by atoms with Crippen LogP contribution in [0.15, 0.2) is 24.4 Å². The maximum absolute atomic E-state index is 11.1. The van der Waals surface area contributed by atoms with Crippen LogP contribution >= 0.6 is 0 Å². The van der Waals surface area contributed by atoms with Gasteiger partial charge >= 0.3 is 0 Å². The van der Waals surface area contributed by atoms with E-state index < -0.39 is 0 Å². The van der Waals surface area contributed by atoms with Crippen LogP contribution in [0.1, 0.15) is 19.8 Å². The van der Waals surface area contributed by atoms with E-state index in [-0.39, 0.29) is 5.91 Å². The molecule has 0 aliphatic rings. The van der Waals surface area contributed by atoms with Crippen LogP contribution in [0.5, 0.6) is 0 Å². The maximum Gasteiger partial charge on any atom is 0.225 e. The van der Waals surface area contributed by atoms with Gasteiger partial charge in [-0.1, -0.05) is 13.0 Å². The van der Waals surface area contributed by atoms with Crippen LogP contribution in [-0.2, 0) is 4.79 Å². The minimum absolute atomic E-state index is 0.0243. The first-order valence-electron chi connectivity index (χ1n) is 4.04. The number of amides is 1. The number of hydrogen-bond acceptors (Lipinski definition) is 2. The molecule has 3 heteroatoms. The quantitative estimate of drug-likeness (QED) is 0.740. The van der Waals surface area contributed by atoms with E-state index in [4.69, 9.17) is 0 Å². The van der Waals surface area contributed by atoms with Crippen molar-refractivity contribution in [3.05, 3.63) is 24.4 Å². The molecule has 1 N–H and O–H groups in total. The van der Waals surface area contributed by atoms with Crippen molar-refractivity contribution >= 4 is 11.7 Å². The average Bonchev–Trinajstić information content (AvgIpc) is 2.06. The molecule has 0 aliphatic carbocycles. The van der Waals surface area contributed by atoms with Gasteiger partial charge in [-0.3, -0.25) is 4.79 Å². The zero-order valence-corrected chi connectivity index (χ0v) is 7.08. The summed E-state index contributed by atoms with van der Waals surface area (Å²) in [6.07, 6.45) is 3.07. The summed E-state index contributed by atoms with van der Waals surface area (Å²) in [5.74, 6) is 0.646. The molecule has 1 aromatic heterocycles. The zero-order chi connectivity index (χ0) is 8.81. The Morgan fingerprint density at radius 1 is 1.58 bits per heavy atom. The summed E-state index contributed by atoms with van der Waals surface area (Å²) < 4.78 is 0. The first-order valence-corrected chi connectivity index (χ1v) is 4.04. The minimum Gasteiger partial charge on any atom is -0.311 e. The number of nitrogens with zero attached hydrogens (tertiary/aromatic N) is 1. The largest absolute Gasteiger partial charge is 0.311 e. The number of nitrogens with one attached hydrogen (secondary N) is 1. The van der Waals surface area contributed by atoms with Gasteiger partial charge in [0.15, 0.2) is 0 Å². The molecule has 1 heterocycles. The predicted molar refractivity (Wildman–Crippen MR) is 47.8 cm³/mol. The van der Waals surface area contributed by atoms with Gasteiger partial charge < -0.3 is 5.32 Å². The molecule has 0 aliphatic heterocycles. The molecule has 1 amide bonds. The fourth-order valence-electron chi connectivity index (χ4n) is 0.869. The van der Waals surface area contributed by atoms with Crippen molar-refractivity contribution in [2.24, 2.45) is 0 Å². The number of aromatic nitrogens is 1. The summed E-state index contributed by atoms with van der Waals surface area (Å²) >= 11 is 0. The van der Waals surface area contributed by atoms with Crippen LogP contribution in [0.3, 0.4) is 0 Å². The van der Waals surface area contributed by atoms with Gasteiger partial charge in [0.1, 0.15) is 5.82 Å². The lowest BCUT2D eigenvalue weighted by Gasteiger charge is -2.01. The van der Waals surface area contributed by atoms with Crippen molar-refractivity contribution < 1.29 is 4.79 Å². The summed E-state index contributed by atoms with van der Waals surface area (Å²) in [6.45, 7) is 1.97. The van der Waals surface area contributed by atoms with Gasteiger partial charge in [-0.15, -0.1) is 0 Å². The van der Waals surface area contributed by atoms with Crippen molar-refractivity contribution in [2.45, 2.75) is 19.8 Å². The lowest BCUT2D eigenvalue weighted by molar-refractivity contribution is -0.116. The van der Waals surface area contributed by atoms with E-state index in [0.29, 0.717) is 12.2 Å². The summed E-state index contributed by atoms with van der Waals surface area (Å²) in [5, 5.41) is 2.69. The molecule has 0 atom stereocenters. The summed E-state index contributed by atoms with van der Waals surface area (Å²) in [4.78, 5) is 15.0. The highest BCUT2D eigenvalue weighted by molar-refractivity contribution is 5.89. The van der Waals surface area contributed by atoms with E-state index in [1.54, 1.807) is 12.3 Å². The smallest absolute Gasteiger partial charge is 0.225 e. The van der Waals surface area contributed by atoms with Crippen molar-refractivity contribution in [1.29, 1.82) is 0 Å². The van der Waals surface area contributed by atoms with Crippen LogP contribution in [0, 0.1) is 0 Å². The standard InChI is InChI=1S/C9H12N2O/c1-2-5-9(12)11-8-6-3-4-7-10-8/h3-4,6-7H,2,5H2,1H3,(H,10,11,12). The molecular formula is C9H12N2O. The van der Waals surface area contributed by atoms with Gasteiger partial charge in [0.05, 0.1) is 0 Å². The monoisotopic (exact) mass is 164 g/mol. The van der Waals surface area contributed by atoms with Crippen LogP contribution in [0.2, 0.25) is 0 Å². The number of pyridine rings is 1. The van der Waals surface area contributed by atoms with Gasteiger partial charge in [0.2, 0.25) is 5.91 Å². The molecule has 0 fully saturated rings. The van der Waals surface area contributed by atoms with E-state index >= 15 is 0 Å². The van der Waals surface area contributed by atoms with Gasteiger partial charge in [-0.05, 0) is 18.6 Å². The Kier molecular flexibility index (Phi) is 3.26. The molecule has 0 unspecified atom stereocenters. The first kappa shape index (κ1) is 8.71. The molecule has 0 bridgehead atoms. The third kappa shape index (κ3) is 2.70. The highest BCUT2D eigenvalue weighted by atomic mass is 16.1. The van der Waals surface area contributed by atoms with Crippen molar-refractivity contribution in [3.63, 3.8) is 0 Å². The van der Waals surface area contributed by atoms with Gasteiger partial charge in [-0.2, -0.15) is 0 Å². The number of carbonyl (C=O) groups is 1. The molecular weight excluding hydrogens is 152 g/mol. The van der Waals surface area contributed by atoms with Crippen LogP contribution in [0.4, 0.5) is 5.82 Å². The number of rotatable bonds is 3. The Morgan fingerprint density at radius 2 is 2.42 bits per heavy atom. The molecule has 0 aromatic carbocycles. The van der Waals surface area contributed by atoms with Crippen LogP contribution < -0.4 is 5.32 Å². The fraction of sp³-hybridized carbons (Fsp3) is 0.333. The molecule has 12 heavy (non-hydrogen) atoms. The van der Waals surface area contributed by atoms with E-state index in [0.717, 1.165) is 6.42 Å². The first-order chi connectivity index (χ1) is 5.83. The molecule has 64 valence electrons. The summed E-state index contributed by atoms with van der Waals surface area (Å²) in [7, 11) is 0. The third-order valence-electron chi connectivity index (χ3n) is 1.41. The Bertz CT molecular complexity index is 246. The fourth-order valence-corrected chi connectivity index (χ4v) is 0.869. The maximum atomic E-state index is 11.1. The van der Waals surface area contributed by atoms with E-state index in [1.807, 2.05) is 19.1 Å². The zero-order valence-electron chi connectivity index (χ0n) is 7.08. The second-order valence-corrected chi connectivity index (χ2v) is 2.51. The Morgan fingerprint density at radius 3 is 3.00 bits per heavy atom. The van der Waals surface area contributed by atoms with E-state index in [1.165, 1.54) is 0 Å². The number of anilines is 1. The predicted octanol–water partition coefficient (Wildman–Crippen LogP) is 1.82. The molecule has 3 nitrogen and oxygen atoms in total. The van der Waals surface area contributed by atoms with E-state index in [9.17, 15) is 4.79 Å². The molecule has 0 spiro atoms. The third-order valence-corrected chi connectivity index (χ3v) is 1.41. The Balaban J connectivity index is 2.47. The lowest BCUT2D eigenvalue weighted by Crippen LogP contribution is -2.11. The SMILES string of the molecule is CCCC(=O)Nc1ccccn1. The lowest BCUT2D eigenvalue weighted by atomic mass is 10.3. The minimum atomic E-state index is 0.0243. The molecule has 0 saturated carbocycles. The second kappa shape index (κ2) is 4.49. The van der Waals surface area contributed by atoms with Crippen LogP contribution in [0.25, 0.3) is 0 Å². The molecule has 0 radical (unpaired) electrons. The molecule has 0 saturated heterocycles. The van der Waals surface area contributed by atoms with E-state index in [2.05, 4.69) is 10.3 Å². The topological polar surface area (TPSA) is 42.0 Å². The average molecular weight is 164 g/mol. The number of carbonyl (C=O) groups excluding carboxylic acids is 1. The van der Waals surface area contributed by atoms with Crippen LogP contribution in [-0.4, -0.2) is 10.9 Å². The van der Waals surface area contributed by atoms with Crippen molar-refractivity contribution in [1.82, 2.24) is 4.98 Å². The van der Waals surface area contributed by atoms with Gasteiger partial charge in [-0.25, -0.2) is 4.98 Å². The van der Waals surface area contributed by atoms with Gasteiger partial charge in [0, 0.05) is 12.6 Å². The second-order valence-electron chi connectivity index (χ2n) is 2.51. The summed E-state index contributed by atoms with van der Waals surface area (Å²) in [6, 6.07) is 5.43. The Labute approximate surface area is 71.8 Å². The highest BCUT2D eigenvalue weighted by Gasteiger charge is 1.99. The number of hydrogen-bond donors (Lipinski definition) is 1. The van der Waals surface area contributed by atoms with Crippen molar-refractivity contribution in [3.8, 4) is 0 Å².